The smallest absolute Gasteiger partial charge is 0.307 e. The van der Waals surface area contributed by atoms with Crippen molar-refractivity contribution in [1.82, 2.24) is 10.6 Å². The number of carbonyl (C=O) groups is 1. The number of carboxylic acids is 1. The van der Waals surface area contributed by atoms with E-state index >= 15 is 0 Å². The van der Waals surface area contributed by atoms with Crippen LogP contribution < -0.4 is 16.4 Å². The maximum Gasteiger partial charge on any atom is 0.307 e. The number of rotatable bonds is 9. The van der Waals surface area contributed by atoms with Crippen molar-refractivity contribution in [2.24, 2.45) is 29.4 Å². The Bertz CT molecular complexity index is 375. The van der Waals surface area contributed by atoms with Crippen molar-refractivity contribution in [3.63, 3.8) is 0 Å². The summed E-state index contributed by atoms with van der Waals surface area (Å²) < 4.78 is 0. The molecule has 0 heterocycles. The number of carboxylic acid groups (broad SMARTS) is 1. The number of nitrogens with two attached hydrogens (primary N) is 1. The average molecular weight is 296 g/mol. The number of nitrogens with one attached hydrogen (secondary N) is 3. The number of aliphatic carboxylic acids is 1. The molecule has 21 heavy (non-hydrogen) atoms. The summed E-state index contributed by atoms with van der Waals surface area (Å²) in [6.07, 6.45) is 5.20. The van der Waals surface area contributed by atoms with E-state index in [1.54, 1.807) is 0 Å². The van der Waals surface area contributed by atoms with Gasteiger partial charge in [0.15, 0.2) is 0 Å². The quantitative estimate of drug-likeness (QED) is 0.243. The van der Waals surface area contributed by atoms with E-state index in [-0.39, 0.29) is 17.8 Å². The summed E-state index contributed by atoms with van der Waals surface area (Å²) in [4.78, 5) is 11.4. The summed E-state index contributed by atoms with van der Waals surface area (Å²) in [7, 11) is 0. The van der Waals surface area contributed by atoms with Crippen LogP contribution in [0.4, 0.5) is 0 Å². The van der Waals surface area contributed by atoms with Gasteiger partial charge in [-0.05, 0) is 57.0 Å². The topological polar surface area (TPSA) is 111 Å². The average Bonchev–Trinajstić information content (AvgIpc) is 3.06. The first-order valence-corrected chi connectivity index (χ1v) is 8.11. The van der Waals surface area contributed by atoms with Gasteiger partial charge in [-0.25, -0.2) is 0 Å². The standard InChI is InChI=1S/C15H28N4O2/c16-5-1-2-6-18-7-8-19-14(17)12-10-3-4-11(9-10)13(12)15(20)21/h10-13,18H,1-9,16H2,(H2,17,19)(H,20,21). The Morgan fingerprint density at radius 3 is 2.52 bits per heavy atom. The lowest BCUT2D eigenvalue weighted by atomic mass is 9.78. The third-order valence-electron chi connectivity index (χ3n) is 4.96. The Kier molecular flexibility index (Phi) is 5.99. The fourth-order valence-electron chi connectivity index (χ4n) is 3.98. The molecule has 6 N–H and O–H groups in total. The van der Waals surface area contributed by atoms with Gasteiger partial charge in [0.25, 0.3) is 0 Å². The summed E-state index contributed by atoms with van der Waals surface area (Å²) in [5.74, 6) is -0.0561. The lowest BCUT2D eigenvalue weighted by Gasteiger charge is -2.29. The molecule has 0 spiro atoms. The molecule has 0 saturated heterocycles. The Morgan fingerprint density at radius 2 is 1.86 bits per heavy atom. The van der Waals surface area contributed by atoms with Crippen LogP contribution in [0.3, 0.4) is 0 Å². The Morgan fingerprint density at radius 1 is 1.14 bits per heavy atom. The lowest BCUT2D eigenvalue weighted by molar-refractivity contribution is -0.144. The molecule has 6 heteroatoms. The van der Waals surface area contributed by atoms with Crippen LogP contribution in [-0.4, -0.2) is 43.1 Å². The molecule has 2 aliphatic carbocycles. The van der Waals surface area contributed by atoms with Crippen molar-refractivity contribution in [2.75, 3.05) is 26.2 Å². The van der Waals surface area contributed by atoms with E-state index in [9.17, 15) is 9.90 Å². The Balaban J connectivity index is 1.69. The van der Waals surface area contributed by atoms with Gasteiger partial charge in [-0.2, -0.15) is 0 Å². The monoisotopic (exact) mass is 296 g/mol. The second-order valence-electron chi connectivity index (χ2n) is 6.31. The Labute approximate surface area is 126 Å². The predicted octanol–water partition coefficient (Wildman–Crippen LogP) is 0.629. The fourth-order valence-corrected chi connectivity index (χ4v) is 3.98. The van der Waals surface area contributed by atoms with Crippen LogP contribution in [0.15, 0.2) is 0 Å². The molecule has 4 atom stereocenters. The number of fused-ring (bicyclic) bond motifs is 2. The van der Waals surface area contributed by atoms with Crippen LogP contribution in [-0.2, 0) is 4.79 Å². The van der Waals surface area contributed by atoms with Gasteiger partial charge in [0.05, 0.1) is 11.8 Å². The van der Waals surface area contributed by atoms with E-state index < -0.39 is 5.97 Å². The van der Waals surface area contributed by atoms with Crippen molar-refractivity contribution >= 4 is 11.8 Å². The van der Waals surface area contributed by atoms with Gasteiger partial charge >= 0.3 is 5.97 Å². The third-order valence-corrected chi connectivity index (χ3v) is 4.96. The minimum Gasteiger partial charge on any atom is -0.481 e. The molecule has 2 rings (SSSR count). The summed E-state index contributed by atoms with van der Waals surface area (Å²) in [6.45, 7) is 3.15. The van der Waals surface area contributed by atoms with Crippen LogP contribution in [0, 0.1) is 29.1 Å². The molecule has 4 unspecified atom stereocenters. The normalized spacial score (nSPS) is 30.5. The summed E-state index contributed by atoms with van der Waals surface area (Å²) in [5.41, 5.74) is 5.43. The molecule has 6 nitrogen and oxygen atoms in total. The molecule has 0 aliphatic heterocycles. The van der Waals surface area contributed by atoms with Crippen molar-refractivity contribution in [3.8, 4) is 0 Å². The molecule has 2 bridgehead atoms. The molecule has 0 aromatic carbocycles. The number of amidine groups is 1. The SMILES string of the molecule is N=C(NCCNCCCCN)C1C2CCC(C2)C1C(=O)O. The van der Waals surface area contributed by atoms with Gasteiger partial charge in [0.1, 0.15) is 0 Å². The van der Waals surface area contributed by atoms with E-state index in [2.05, 4.69) is 10.6 Å². The largest absolute Gasteiger partial charge is 0.481 e. The first-order chi connectivity index (χ1) is 10.1. The molecule has 120 valence electrons. The van der Waals surface area contributed by atoms with E-state index in [1.807, 2.05) is 0 Å². The zero-order valence-corrected chi connectivity index (χ0v) is 12.6. The summed E-state index contributed by atoms with van der Waals surface area (Å²) >= 11 is 0. The highest BCUT2D eigenvalue weighted by Crippen LogP contribution is 2.52. The van der Waals surface area contributed by atoms with E-state index in [4.69, 9.17) is 11.1 Å². The number of hydrogen-bond donors (Lipinski definition) is 5. The second kappa shape index (κ2) is 7.75. The highest BCUT2D eigenvalue weighted by Gasteiger charge is 2.52. The summed E-state index contributed by atoms with van der Waals surface area (Å²) in [5, 5.41) is 24.0. The minimum absolute atomic E-state index is 0.0986. The van der Waals surface area contributed by atoms with Gasteiger partial charge in [0.2, 0.25) is 0 Å². The van der Waals surface area contributed by atoms with Gasteiger partial charge in [0, 0.05) is 19.0 Å². The molecular formula is C15H28N4O2. The molecule has 2 aliphatic rings. The molecule has 2 fully saturated rings. The first-order valence-electron chi connectivity index (χ1n) is 8.11. The van der Waals surface area contributed by atoms with E-state index in [0.717, 1.165) is 51.7 Å². The van der Waals surface area contributed by atoms with Crippen molar-refractivity contribution in [3.05, 3.63) is 0 Å². The zero-order valence-electron chi connectivity index (χ0n) is 12.6. The van der Waals surface area contributed by atoms with Crippen molar-refractivity contribution in [2.45, 2.75) is 32.1 Å². The van der Waals surface area contributed by atoms with Crippen LogP contribution >= 0.6 is 0 Å². The number of unbranched alkanes of at least 4 members (excludes halogenated alkanes) is 1. The van der Waals surface area contributed by atoms with Crippen LogP contribution in [0.1, 0.15) is 32.1 Å². The molecule has 0 radical (unpaired) electrons. The highest BCUT2D eigenvalue weighted by atomic mass is 16.4. The van der Waals surface area contributed by atoms with Gasteiger partial charge in [-0.15, -0.1) is 0 Å². The second-order valence-corrected chi connectivity index (χ2v) is 6.31. The molecule has 0 aromatic heterocycles. The van der Waals surface area contributed by atoms with Crippen LogP contribution in [0.25, 0.3) is 0 Å². The zero-order chi connectivity index (χ0) is 15.2. The molecule has 0 aromatic rings. The van der Waals surface area contributed by atoms with E-state index in [0.29, 0.717) is 18.3 Å². The fraction of sp³-hybridized carbons (Fsp3) is 0.867. The van der Waals surface area contributed by atoms with Crippen LogP contribution in [0.2, 0.25) is 0 Å². The predicted molar refractivity (Wildman–Crippen MR) is 82.3 cm³/mol. The maximum atomic E-state index is 11.4. The van der Waals surface area contributed by atoms with E-state index in [1.165, 1.54) is 0 Å². The highest BCUT2D eigenvalue weighted by molar-refractivity contribution is 5.88. The minimum atomic E-state index is -0.723. The molecular weight excluding hydrogens is 268 g/mol. The molecule has 2 saturated carbocycles. The third kappa shape index (κ3) is 3.95. The van der Waals surface area contributed by atoms with Gasteiger partial charge in [-0.1, -0.05) is 0 Å². The summed E-state index contributed by atoms with van der Waals surface area (Å²) in [6, 6.07) is 0. The van der Waals surface area contributed by atoms with Gasteiger partial charge < -0.3 is 21.5 Å². The Hall–Kier alpha value is -1.14. The van der Waals surface area contributed by atoms with Crippen LogP contribution in [0.5, 0.6) is 0 Å². The molecule has 0 amide bonds. The lowest BCUT2D eigenvalue weighted by Crippen LogP contribution is -2.42. The van der Waals surface area contributed by atoms with Gasteiger partial charge in [-0.3, -0.25) is 10.2 Å². The van der Waals surface area contributed by atoms with Crippen molar-refractivity contribution < 1.29 is 9.90 Å². The van der Waals surface area contributed by atoms with Crippen molar-refractivity contribution in [1.29, 1.82) is 5.41 Å². The maximum absolute atomic E-state index is 11.4. The first kappa shape index (κ1) is 16.2. The number of hydrogen-bond acceptors (Lipinski definition) is 4.